The molecule has 0 fully saturated rings. The van der Waals surface area contributed by atoms with E-state index in [0.29, 0.717) is 11.2 Å². The number of thioether (sulfide) groups is 1. The average molecular weight is 403 g/mol. The zero-order chi connectivity index (χ0) is 18.1. The molecule has 0 radical (unpaired) electrons. The minimum absolute atomic E-state index is 0.0319. The lowest BCUT2D eigenvalue weighted by Gasteiger charge is -2.10. The smallest absolute Gasteiger partial charge is 0.260 e. The van der Waals surface area contributed by atoms with Gasteiger partial charge in [-0.1, -0.05) is 18.2 Å². The van der Waals surface area contributed by atoms with Gasteiger partial charge in [0, 0.05) is 21.6 Å². The van der Waals surface area contributed by atoms with E-state index in [9.17, 15) is 9.18 Å². The Morgan fingerprint density at radius 2 is 2.04 bits per heavy atom. The summed E-state index contributed by atoms with van der Waals surface area (Å²) in [6.07, 6.45) is 0. The normalized spacial score (nSPS) is 12.5. The third-order valence-corrected chi connectivity index (χ3v) is 7.05. The molecule has 0 aliphatic carbocycles. The first-order valence-corrected chi connectivity index (χ1v) is 10.8. The van der Waals surface area contributed by atoms with Crippen LogP contribution in [0.5, 0.6) is 0 Å². The number of aromatic nitrogens is 2. The molecule has 1 N–H and O–H groups in total. The van der Waals surface area contributed by atoms with E-state index in [4.69, 9.17) is 0 Å². The minimum Gasteiger partial charge on any atom is -0.309 e. The van der Waals surface area contributed by atoms with Crippen molar-refractivity contribution < 1.29 is 4.39 Å². The highest BCUT2D eigenvalue weighted by Crippen LogP contribution is 2.35. The summed E-state index contributed by atoms with van der Waals surface area (Å²) in [5.41, 5.74) is 1.90. The number of H-pyrrole nitrogens is 1. The van der Waals surface area contributed by atoms with E-state index < -0.39 is 0 Å². The van der Waals surface area contributed by atoms with Gasteiger partial charge in [0.25, 0.3) is 5.56 Å². The van der Waals surface area contributed by atoms with Crippen LogP contribution in [0.4, 0.5) is 4.39 Å². The van der Waals surface area contributed by atoms with Gasteiger partial charge in [-0.25, -0.2) is 9.37 Å². The number of nitrogens with zero attached hydrogens (tertiary/aromatic N) is 1. The number of hydrogen-bond acceptors (Lipinski definition) is 5. The SMILES string of the molecule is C[C@@H](SCc1ccc(F)cc1)c1nc2scc(-c3cccs3)c2c(=O)[nH]1. The first-order chi connectivity index (χ1) is 12.6. The van der Waals surface area contributed by atoms with E-state index in [0.717, 1.165) is 26.6 Å². The molecule has 3 heterocycles. The molecule has 4 aromatic rings. The zero-order valence-corrected chi connectivity index (χ0v) is 16.3. The van der Waals surface area contributed by atoms with Crippen LogP contribution in [-0.4, -0.2) is 9.97 Å². The maximum atomic E-state index is 13.0. The fourth-order valence-corrected chi connectivity index (χ4v) is 5.33. The Kier molecular flexibility index (Phi) is 4.93. The molecular formula is C19H15FN2OS3. The first kappa shape index (κ1) is 17.5. The lowest BCUT2D eigenvalue weighted by molar-refractivity contribution is 0.627. The standard InChI is InChI=1S/C19H15FN2OS3/c1-11(25-9-12-4-6-13(20)7-5-12)17-21-18(23)16-14(10-26-19(16)22-17)15-3-2-8-24-15/h2-8,10-11H,9H2,1H3,(H,21,22,23)/t11-/m1/s1. The fourth-order valence-electron chi connectivity index (χ4n) is 2.65. The van der Waals surface area contributed by atoms with Crippen molar-refractivity contribution in [3.05, 3.63) is 74.7 Å². The van der Waals surface area contributed by atoms with E-state index in [1.54, 1.807) is 35.2 Å². The van der Waals surface area contributed by atoms with E-state index >= 15 is 0 Å². The van der Waals surface area contributed by atoms with Gasteiger partial charge in [0.15, 0.2) is 0 Å². The largest absolute Gasteiger partial charge is 0.309 e. The second-order valence-corrected chi connectivity index (χ2v) is 8.97. The van der Waals surface area contributed by atoms with Crippen LogP contribution in [0.25, 0.3) is 20.7 Å². The highest BCUT2D eigenvalue weighted by atomic mass is 32.2. The number of nitrogens with one attached hydrogen (secondary N) is 1. The third-order valence-electron chi connectivity index (χ3n) is 4.05. The maximum Gasteiger partial charge on any atom is 0.260 e. The Labute approximate surface area is 161 Å². The monoisotopic (exact) mass is 402 g/mol. The van der Waals surface area contributed by atoms with Gasteiger partial charge in [0.1, 0.15) is 16.5 Å². The van der Waals surface area contributed by atoms with E-state index in [1.807, 2.05) is 29.8 Å². The number of aromatic amines is 1. The molecule has 4 rings (SSSR count). The molecule has 3 nitrogen and oxygen atoms in total. The second-order valence-electron chi connectivity index (χ2n) is 5.84. The van der Waals surface area contributed by atoms with Crippen molar-refractivity contribution in [2.75, 3.05) is 0 Å². The Balaban J connectivity index is 1.59. The van der Waals surface area contributed by atoms with Crippen molar-refractivity contribution in [2.45, 2.75) is 17.9 Å². The van der Waals surface area contributed by atoms with Crippen LogP contribution in [0.1, 0.15) is 23.6 Å². The number of hydrogen-bond donors (Lipinski definition) is 1. The first-order valence-electron chi connectivity index (χ1n) is 8.03. The summed E-state index contributed by atoms with van der Waals surface area (Å²) in [6, 6.07) is 10.5. The van der Waals surface area contributed by atoms with Gasteiger partial charge in [-0.15, -0.1) is 34.4 Å². The van der Waals surface area contributed by atoms with Crippen molar-refractivity contribution in [3.63, 3.8) is 0 Å². The van der Waals surface area contributed by atoms with E-state index in [2.05, 4.69) is 9.97 Å². The van der Waals surface area contributed by atoms with Gasteiger partial charge in [-0.05, 0) is 36.1 Å². The number of benzene rings is 1. The van der Waals surface area contributed by atoms with Crippen molar-refractivity contribution in [1.29, 1.82) is 0 Å². The summed E-state index contributed by atoms with van der Waals surface area (Å²) >= 11 is 4.78. The predicted octanol–water partition coefficient (Wildman–Crippen LogP) is 5.85. The molecule has 0 bridgehead atoms. The van der Waals surface area contributed by atoms with Gasteiger partial charge < -0.3 is 4.98 Å². The highest BCUT2D eigenvalue weighted by Gasteiger charge is 2.16. The molecule has 1 aromatic carbocycles. The van der Waals surface area contributed by atoms with Gasteiger partial charge in [-0.2, -0.15) is 0 Å². The quantitative estimate of drug-likeness (QED) is 0.456. The molecular weight excluding hydrogens is 387 g/mol. The Bertz CT molecular complexity index is 1080. The number of rotatable bonds is 5. The van der Waals surface area contributed by atoms with Crippen molar-refractivity contribution >= 4 is 44.7 Å². The van der Waals surface area contributed by atoms with Crippen LogP contribution in [-0.2, 0) is 5.75 Å². The molecule has 0 aliphatic heterocycles. The summed E-state index contributed by atoms with van der Waals surface area (Å²) in [7, 11) is 0. The van der Waals surface area contributed by atoms with Crippen molar-refractivity contribution in [1.82, 2.24) is 9.97 Å². The van der Waals surface area contributed by atoms with Crippen LogP contribution < -0.4 is 5.56 Å². The van der Waals surface area contributed by atoms with Crippen molar-refractivity contribution in [3.8, 4) is 10.4 Å². The maximum absolute atomic E-state index is 13.0. The summed E-state index contributed by atoms with van der Waals surface area (Å²) < 4.78 is 13.0. The molecule has 26 heavy (non-hydrogen) atoms. The predicted molar refractivity (Wildman–Crippen MR) is 110 cm³/mol. The molecule has 7 heteroatoms. The van der Waals surface area contributed by atoms with Crippen LogP contribution in [0.3, 0.4) is 0 Å². The molecule has 3 aromatic heterocycles. The third kappa shape index (κ3) is 3.47. The Hall–Kier alpha value is -1.96. The van der Waals surface area contributed by atoms with Gasteiger partial charge in [-0.3, -0.25) is 4.79 Å². The number of fused-ring (bicyclic) bond motifs is 1. The topological polar surface area (TPSA) is 45.8 Å². The van der Waals surface area contributed by atoms with Crippen LogP contribution >= 0.6 is 34.4 Å². The van der Waals surface area contributed by atoms with Crippen LogP contribution in [0.2, 0.25) is 0 Å². The fraction of sp³-hybridized carbons (Fsp3) is 0.158. The molecule has 0 saturated heterocycles. The van der Waals surface area contributed by atoms with Gasteiger partial charge in [0.2, 0.25) is 0 Å². The molecule has 0 saturated carbocycles. The van der Waals surface area contributed by atoms with Gasteiger partial charge in [0.05, 0.1) is 10.6 Å². The summed E-state index contributed by atoms with van der Waals surface area (Å²) in [5, 5.41) is 4.70. The Morgan fingerprint density at radius 3 is 2.77 bits per heavy atom. The van der Waals surface area contributed by atoms with Crippen LogP contribution in [0, 0.1) is 5.82 Å². The van der Waals surface area contributed by atoms with Crippen LogP contribution in [0.15, 0.2) is 52.0 Å². The van der Waals surface area contributed by atoms with Crippen molar-refractivity contribution in [2.24, 2.45) is 0 Å². The number of halogens is 1. The number of thiophene rings is 2. The molecule has 0 aliphatic rings. The highest BCUT2D eigenvalue weighted by molar-refractivity contribution is 7.98. The minimum atomic E-state index is -0.234. The van der Waals surface area contributed by atoms with E-state index in [-0.39, 0.29) is 16.6 Å². The summed E-state index contributed by atoms with van der Waals surface area (Å²) in [6.45, 7) is 2.02. The zero-order valence-electron chi connectivity index (χ0n) is 13.9. The average Bonchev–Trinajstić information content (AvgIpc) is 3.30. The molecule has 0 amide bonds. The lowest BCUT2D eigenvalue weighted by Crippen LogP contribution is -2.12. The summed E-state index contributed by atoms with van der Waals surface area (Å²) in [5.74, 6) is 1.17. The Morgan fingerprint density at radius 1 is 1.23 bits per heavy atom. The van der Waals surface area contributed by atoms with Gasteiger partial charge >= 0.3 is 0 Å². The van der Waals surface area contributed by atoms with E-state index in [1.165, 1.54) is 23.5 Å². The lowest BCUT2D eigenvalue weighted by atomic mass is 10.2. The second kappa shape index (κ2) is 7.34. The molecule has 0 spiro atoms. The molecule has 1 atom stereocenters. The molecule has 0 unspecified atom stereocenters. The summed E-state index contributed by atoms with van der Waals surface area (Å²) in [4.78, 5) is 22.1. The molecule has 132 valence electrons.